The molecule has 0 aliphatic rings. The number of hydrogen-bond donors (Lipinski definition) is 0. The quantitative estimate of drug-likeness (QED) is 0.834. The summed E-state index contributed by atoms with van der Waals surface area (Å²) in [5.41, 5.74) is 1.05. The Balaban J connectivity index is 2.33. The van der Waals surface area contributed by atoms with E-state index >= 15 is 0 Å². The maximum absolute atomic E-state index is 5.05. The van der Waals surface area contributed by atoms with Gasteiger partial charge in [-0.1, -0.05) is 0 Å². The first-order valence-corrected chi connectivity index (χ1v) is 6.94. The standard InChI is InChI=1S/C9H9Br2N3OS/c1-15-3-2-14-5-12-13-9(14)6-4-7(10)16-8(6)11/h4-5H,2-3H2,1H3. The van der Waals surface area contributed by atoms with Crippen LogP contribution < -0.4 is 0 Å². The molecule has 2 rings (SSSR count). The summed E-state index contributed by atoms with van der Waals surface area (Å²) in [7, 11) is 1.68. The van der Waals surface area contributed by atoms with Crippen LogP contribution in [0, 0.1) is 0 Å². The summed E-state index contributed by atoms with van der Waals surface area (Å²) < 4.78 is 9.13. The minimum Gasteiger partial charge on any atom is -0.383 e. The molecule has 0 saturated carbocycles. The van der Waals surface area contributed by atoms with Gasteiger partial charge in [0, 0.05) is 19.2 Å². The van der Waals surface area contributed by atoms with E-state index in [0.29, 0.717) is 6.61 Å². The van der Waals surface area contributed by atoms with Crippen molar-refractivity contribution in [3.63, 3.8) is 0 Å². The zero-order valence-electron chi connectivity index (χ0n) is 8.48. The van der Waals surface area contributed by atoms with E-state index in [-0.39, 0.29) is 0 Å². The molecular weight excluding hydrogens is 358 g/mol. The lowest BCUT2D eigenvalue weighted by Gasteiger charge is -2.04. The third-order valence-corrected chi connectivity index (χ3v) is 4.39. The SMILES string of the molecule is COCCn1cnnc1-c1cc(Br)sc1Br. The van der Waals surface area contributed by atoms with Crippen LogP contribution >= 0.6 is 43.2 Å². The number of ether oxygens (including phenoxy) is 1. The number of thiophene rings is 1. The Morgan fingerprint density at radius 2 is 2.31 bits per heavy atom. The second-order valence-corrected chi connectivity index (χ2v) is 6.83. The summed E-state index contributed by atoms with van der Waals surface area (Å²) in [6.45, 7) is 1.40. The van der Waals surface area contributed by atoms with Crippen molar-refractivity contribution in [3.05, 3.63) is 20.0 Å². The molecule has 0 radical (unpaired) electrons. The highest BCUT2D eigenvalue weighted by Crippen LogP contribution is 2.37. The summed E-state index contributed by atoms with van der Waals surface area (Å²) in [6.07, 6.45) is 1.71. The predicted molar refractivity (Wildman–Crippen MR) is 70.6 cm³/mol. The average molecular weight is 367 g/mol. The van der Waals surface area contributed by atoms with Crippen LogP contribution in [0.3, 0.4) is 0 Å². The molecule has 2 aromatic heterocycles. The maximum atomic E-state index is 5.05. The molecule has 0 aromatic carbocycles. The van der Waals surface area contributed by atoms with E-state index in [1.54, 1.807) is 24.8 Å². The highest BCUT2D eigenvalue weighted by molar-refractivity contribution is 9.12. The number of aromatic nitrogens is 3. The fraction of sp³-hybridized carbons (Fsp3) is 0.333. The largest absolute Gasteiger partial charge is 0.383 e. The van der Waals surface area contributed by atoms with Gasteiger partial charge in [0.25, 0.3) is 0 Å². The van der Waals surface area contributed by atoms with Crippen molar-refractivity contribution >= 4 is 43.2 Å². The Morgan fingerprint density at radius 3 is 2.94 bits per heavy atom. The van der Waals surface area contributed by atoms with Crippen molar-refractivity contribution < 1.29 is 4.74 Å². The highest BCUT2D eigenvalue weighted by Gasteiger charge is 2.13. The van der Waals surface area contributed by atoms with Crippen molar-refractivity contribution in [2.75, 3.05) is 13.7 Å². The minimum absolute atomic E-state index is 0.647. The lowest BCUT2D eigenvalue weighted by Crippen LogP contribution is -2.04. The van der Waals surface area contributed by atoms with E-state index in [9.17, 15) is 0 Å². The first kappa shape index (κ1) is 12.2. The third kappa shape index (κ3) is 2.53. The normalized spacial score (nSPS) is 10.9. The van der Waals surface area contributed by atoms with Crippen LogP contribution in [0.4, 0.5) is 0 Å². The summed E-state index contributed by atoms with van der Waals surface area (Å²) in [5, 5.41) is 8.05. The first-order chi connectivity index (χ1) is 7.72. The second kappa shape index (κ2) is 5.39. The predicted octanol–water partition coefficient (Wildman–Crippen LogP) is 3.18. The van der Waals surface area contributed by atoms with E-state index in [2.05, 4.69) is 42.1 Å². The Hall–Kier alpha value is -0.240. The minimum atomic E-state index is 0.647. The molecule has 16 heavy (non-hydrogen) atoms. The molecule has 2 heterocycles. The molecule has 7 heteroatoms. The fourth-order valence-electron chi connectivity index (χ4n) is 1.31. The van der Waals surface area contributed by atoms with Gasteiger partial charge in [-0.2, -0.15) is 0 Å². The molecule has 86 valence electrons. The topological polar surface area (TPSA) is 39.9 Å². The van der Waals surface area contributed by atoms with Crippen LogP contribution in [0.2, 0.25) is 0 Å². The molecule has 0 aliphatic carbocycles. The fourth-order valence-corrected chi connectivity index (χ4v) is 4.10. The van der Waals surface area contributed by atoms with Crippen LogP contribution in [-0.2, 0) is 11.3 Å². The van der Waals surface area contributed by atoms with Crippen LogP contribution in [-0.4, -0.2) is 28.5 Å². The van der Waals surface area contributed by atoms with Crippen molar-refractivity contribution in [2.45, 2.75) is 6.54 Å². The van der Waals surface area contributed by atoms with Gasteiger partial charge in [-0.15, -0.1) is 21.5 Å². The molecule has 0 bridgehead atoms. The number of nitrogens with zero attached hydrogens (tertiary/aromatic N) is 3. The molecule has 0 spiro atoms. The Kier molecular flexibility index (Phi) is 4.12. The van der Waals surface area contributed by atoms with Crippen molar-refractivity contribution in [1.82, 2.24) is 14.8 Å². The van der Waals surface area contributed by atoms with Crippen LogP contribution in [0.5, 0.6) is 0 Å². The third-order valence-electron chi connectivity index (χ3n) is 2.05. The monoisotopic (exact) mass is 365 g/mol. The van der Waals surface area contributed by atoms with Crippen LogP contribution in [0.1, 0.15) is 0 Å². The second-order valence-electron chi connectivity index (χ2n) is 3.08. The zero-order valence-corrected chi connectivity index (χ0v) is 12.5. The molecule has 0 fully saturated rings. The number of rotatable bonds is 4. The lowest BCUT2D eigenvalue weighted by molar-refractivity contribution is 0.187. The number of methoxy groups -OCH3 is 1. The molecule has 0 amide bonds. The van der Waals surface area contributed by atoms with Gasteiger partial charge >= 0.3 is 0 Å². The van der Waals surface area contributed by atoms with E-state index in [1.165, 1.54) is 0 Å². The van der Waals surface area contributed by atoms with Crippen LogP contribution in [0.15, 0.2) is 20.0 Å². The van der Waals surface area contributed by atoms with Crippen LogP contribution in [0.25, 0.3) is 11.4 Å². The highest BCUT2D eigenvalue weighted by atomic mass is 79.9. The summed E-state index contributed by atoms with van der Waals surface area (Å²) in [6, 6.07) is 2.03. The summed E-state index contributed by atoms with van der Waals surface area (Å²) in [4.78, 5) is 0. The van der Waals surface area contributed by atoms with E-state index in [0.717, 1.165) is 25.5 Å². The molecule has 0 saturated heterocycles. The smallest absolute Gasteiger partial charge is 0.165 e. The Bertz CT molecular complexity index is 483. The molecule has 0 N–H and O–H groups in total. The molecule has 4 nitrogen and oxygen atoms in total. The summed E-state index contributed by atoms with van der Waals surface area (Å²) >= 11 is 8.59. The zero-order chi connectivity index (χ0) is 11.5. The van der Waals surface area contributed by atoms with Gasteiger partial charge in [0.2, 0.25) is 0 Å². The van der Waals surface area contributed by atoms with Gasteiger partial charge in [-0.25, -0.2) is 0 Å². The van der Waals surface area contributed by atoms with Gasteiger partial charge in [-0.3, -0.25) is 0 Å². The van der Waals surface area contributed by atoms with Gasteiger partial charge in [0.1, 0.15) is 6.33 Å². The Morgan fingerprint density at radius 1 is 1.50 bits per heavy atom. The van der Waals surface area contributed by atoms with Gasteiger partial charge in [0.15, 0.2) is 5.82 Å². The van der Waals surface area contributed by atoms with Crippen molar-refractivity contribution in [3.8, 4) is 11.4 Å². The molecule has 0 unspecified atom stereocenters. The number of hydrogen-bond acceptors (Lipinski definition) is 4. The molecule has 2 aromatic rings. The lowest BCUT2D eigenvalue weighted by atomic mass is 10.3. The van der Waals surface area contributed by atoms with Crippen molar-refractivity contribution in [2.24, 2.45) is 0 Å². The average Bonchev–Trinajstić information content (AvgIpc) is 2.81. The van der Waals surface area contributed by atoms with Crippen molar-refractivity contribution in [1.29, 1.82) is 0 Å². The van der Waals surface area contributed by atoms with Gasteiger partial charge in [-0.05, 0) is 37.9 Å². The first-order valence-electron chi connectivity index (χ1n) is 4.54. The molecule has 0 aliphatic heterocycles. The number of halogens is 2. The van der Waals surface area contributed by atoms with E-state index in [4.69, 9.17) is 4.74 Å². The summed E-state index contributed by atoms with van der Waals surface area (Å²) in [5.74, 6) is 0.853. The van der Waals surface area contributed by atoms with Gasteiger partial charge < -0.3 is 9.30 Å². The van der Waals surface area contributed by atoms with Gasteiger partial charge in [0.05, 0.1) is 14.2 Å². The maximum Gasteiger partial charge on any atom is 0.165 e. The molecular formula is C9H9Br2N3OS. The Labute approximate surface area is 114 Å². The van der Waals surface area contributed by atoms with E-state index < -0.39 is 0 Å². The molecule has 0 atom stereocenters. The van der Waals surface area contributed by atoms with E-state index in [1.807, 2.05) is 10.6 Å².